The number of benzene rings is 1. The first-order valence-corrected chi connectivity index (χ1v) is 6.63. The van der Waals surface area contributed by atoms with Gasteiger partial charge in [-0.3, -0.25) is 4.57 Å². The van der Waals surface area contributed by atoms with E-state index in [2.05, 4.69) is 9.97 Å². The monoisotopic (exact) mass is 280 g/mol. The van der Waals surface area contributed by atoms with Crippen LogP contribution in [0.5, 0.6) is 5.88 Å². The van der Waals surface area contributed by atoms with Gasteiger partial charge >= 0.3 is 0 Å². The Labute approximate surface area is 123 Å². The fourth-order valence-corrected chi connectivity index (χ4v) is 2.22. The van der Waals surface area contributed by atoms with E-state index in [1.54, 1.807) is 25.8 Å². The minimum Gasteiger partial charge on any atom is -0.481 e. The number of hydrogen-bond acceptors (Lipinski definition) is 4. The molecule has 2 heterocycles. The van der Waals surface area contributed by atoms with E-state index in [1.165, 1.54) is 0 Å². The molecule has 3 aromatic rings. The second-order valence-corrected chi connectivity index (χ2v) is 4.64. The van der Waals surface area contributed by atoms with E-state index < -0.39 is 0 Å². The van der Waals surface area contributed by atoms with E-state index in [-0.39, 0.29) is 6.04 Å². The van der Waals surface area contributed by atoms with Gasteiger partial charge in [-0.05, 0) is 11.6 Å². The maximum atomic E-state index is 6.35. The summed E-state index contributed by atoms with van der Waals surface area (Å²) in [7, 11) is 1.59. The maximum absolute atomic E-state index is 6.35. The summed E-state index contributed by atoms with van der Waals surface area (Å²) in [6, 6.07) is 13.4. The third-order valence-corrected chi connectivity index (χ3v) is 3.35. The molecule has 0 fully saturated rings. The van der Waals surface area contributed by atoms with Gasteiger partial charge in [-0.1, -0.05) is 30.3 Å². The quantitative estimate of drug-likeness (QED) is 0.796. The van der Waals surface area contributed by atoms with Crippen LogP contribution >= 0.6 is 0 Å². The van der Waals surface area contributed by atoms with Crippen molar-refractivity contribution in [1.29, 1.82) is 0 Å². The van der Waals surface area contributed by atoms with Gasteiger partial charge in [0.15, 0.2) is 0 Å². The summed E-state index contributed by atoms with van der Waals surface area (Å²) in [6.45, 7) is 0. The van der Waals surface area contributed by atoms with Crippen LogP contribution in [0.3, 0.4) is 0 Å². The largest absolute Gasteiger partial charge is 0.481 e. The number of ether oxygens (including phenoxy) is 1. The Morgan fingerprint density at radius 2 is 1.90 bits per heavy atom. The van der Waals surface area contributed by atoms with Crippen molar-refractivity contribution < 1.29 is 4.74 Å². The number of nitrogens with two attached hydrogens (primary N) is 1. The number of rotatable bonds is 4. The lowest BCUT2D eigenvalue weighted by Gasteiger charge is -2.15. The van der Waals surface area contributed by atoms with Crippen LogP contribution in [-0.4, -0.2) is 21.6 Å². The van der Waals surface area contributed by atoms with Gasteiger partial charge in [-0.25, -0.2) is 9.97 Å². The summed E-state index contributed by atoms with van der Waals surface area (Å²) in [4.78, 5) is 8.43. The predicted molar refractivity (Wildman–Crippen MR) is 80.4 cm³/mol. The summed E-state index contributed by atoms with van der Waals surface area (Å²) < 4.78 is 7.01. The molecule has 0 amide bonds. The molecule has 0 radical (unpaired) electrons. The Morgan fingerprint density at radius 1 is 1.10 bits per heavy atom. The van der Waals surface area contributed by atoms with Crippen molar-refractivity contribution in [2.24, 2.45) is 5.73 Å². The minimum atomic E-state index is -0.240. The van der Waals surface area contributed by atoms with Crippen LogP contribution in [0.2, 0.25) is 0 Å². The zero-order valence-electron chi connectivity index (χ0n) is 11.7. The van der Waals surface area contributed by atoms with E-state index in [1.807, 2.05) is 47.0 Å². The topological polar surface area (TPSA) is 66.0 Å². The molecule has 0 saturated heterocycles. The second-order valence-electron chi connectivity index (χ2n) is 4.64. The first-order chi connectivity index (χ1) is 10.3. The highest BCUT2D eigenvalue weighted by Gasteiger charge is 2.14. The fourth-order valence-electron chi connectivity index (χ4n) is 2.22. The van der Waals surface area contributed by atoms with Crippen LogP contribution in [0.15, 0.2) is 61.2 Å². The van der Waals surface area contributed by atoms with E-state index in [0.717, 1.165) is 16.9 Å². The summed E-state index contributed by atoms with van der Waals surface area (Å²) in [5.74, 6) is 0.577. The third kappa shape index (κ3) is 2.64. The van der Waals surface area contributed by atoms with Crippen LogP contribution in [0.4, 0.5) is 0 Å². The molecule has 0 aliphatic rings. The molecule has 0 aliphatic carbocycles. The molecule has 1 atom stereocenters. The molecule has 5 heteroatoms. The lowest BCUT2D eigenvalue weighted by molar-refractivity contribution is 0.398. The average Bonchev–Trinajstić information content (AvgIpc) is 3.04. The third-order valence-electron chi connectivity index (χ3n) is 3.35. The van der Waals surface area contributed by atoms with Crippen molar-refractivity contribution in [2.45, 2.75) is 6.04 Å². The lowest BCUT2D eigenvalue weighted by atomic mass is 10.1. The maximum Gasteiger partial charge on any atom is 0.213 e. The van der Waals surface area contributed by atoms with E-state index in [4.69, 9.17) is 10.5 Å². The molecule has 106 valence electrons. The molecule has 0 aliphatic heterocycles. The van der Waals surface area contributed by atoms with Crippen LogP contribution < -0.4 is 10.5 Å². The SMILES string of the molecule is COc1ccc(-n2cncc2C(N)c2ccccc2)cn1. The van der Waals surface area contributed by atoms with Gasteiger partial charge in [0.05, 0.1) is 43.3 Å². The summed E-state index contributed by atoms with van der Waals surface area (Å²) in [5, 5.41) is 0. The molecule has 1 aromatic carbocycles. The van der Waals surface area contributed by atoms with Gasteiger partial charge in [0, 0.05) is 6.07 Å². The van der Waals surface area contributed by atoms with Crippen molar-refractivity contribution in [2.75, 3.05) is 7.11 Å². The van der Waals surface area contributed by atoms with Gasteiger partial charge in [0.2, 0.25) is 5.88 Å². The molecule has 0 bridgehead atoms. The second kappa shape index (κ2) is 5.76. The highest BCUT2D eigenvalue weighted by atomic mass is 16.5. The van der Waals surface area contributed by atoms with Crippen LogP contribution in [-0.2, 0) is 0 Å². The first-order valence-electron chi connectivity index (χ1n) is 6.63. The average molecular weight is 280 g/mol. The number of hydrogen-bond donors (Lipinski definition) is 1. The standard InChI is InChI=1S/C16H16N4O/c1-21-15-8-7-13(9-19-15)20-11-18-10-14(20)16(17)12-5-3-2-4-6-12/h2-11,16H,17H2,1H3. The van der Waals surface area contributed by atoms with Crippen molar-refractivity contribution in [3.8, 4) is 11.6 Å². The normalized spacial score (nSPS) is 12.1. The first kappa shape index (κ1) is 13.3. The molecule has 21 heavy (non-hydrogen) atoms. The van der Waals surface area contributed by atoms with Gasteiger partial charge in [0.25, 0.3) is 0 Å². The number of pyridine rings is 1. The smallest absolute Gasteiger partial charge is 0.213 e. The van der Waals surface area contributed by atoms with Crippen molar-refractivity contribution in [1.82, 2.24) is 14.5 Å². The minimum absolute atomic E-state index is 0.240. The van der Waals surface area contributed by atoms with Crippen molar-refractivity contribution in [3.63, 3.8) is 0 Å². The molecule has 1 unspecified atom stereocenters. The van der Waals surface area contributed by atoms with Crippen LogP contribution in [0.1, 0.15) is 17.3 Å². The molecule has 3 rings (SSSR count). The Kier molecular flexibility index (Phi) is 3.66. The van der Waals surface area contributed by atoms with E-state index in [9.17, 15) is 0 Å². The summed E-state index contributed by atoms with van der Waals surface area (Å²) in [5.41, 5.74) is 9.20. The zero-order valence-corrected chi connectivity index (χ0v) is 11.7. The molecule has 2 aromatic heterocycles. The molecular formula is C16H16N4O. The number of imidazole rings is 1. The number of aromatic nitrogens is 3. The Bertz CT molecular complexity index is 707. The predicted octanol–water partition coefficient (Wildman–Crippen LogP) is 2.32. The van der Waals surface area contributed by atoms with Gasteiger partial charge in [0.1, 0.15) is 0 Å². The molecular weight excluding hydrogens is 264 g/mol. The number of nitrogens with zero attached hydrogens (tertiary/aromatic N) is 3. The van der Waals surface area contributed by atoms with Crippen LogP contribution in [0.25, 0.3) is 5.69 Å². The summed E-state index contributed by atoms with van der Waals surface area (Å²) >= 11 is 0. The van der Waals surface area contributed by atoms with Gasteiger partial charge in [-0.15, -0.1) is 0 Å². The number of methoxy groups -OCH3 is 1. The molecule has 0 spiro atoms. The molecule has 5 nitrogen and oxygen atoms in total. The highest BCUT2D eigenvalue weighted by Crippen LogP contribution is 2.22. The van der Waals surface area contributed by atoms with Crippen molar-refractivity contribution in [3.05, 3.63) is 72.4 Å². The lowest BCUT2D eigenvalue weighted by Crippen LogP contribution is -2.15. The van der Waals surface area contributed by atoms with E-state index in [0.29, 0.717) is 5.88 Å². The Balaban J connectivity index is 1.96. The Morgan fingerprint density at radius 3 is 2.57 bits per heavy atom. The molecule has 0 saturated carbocycles. The zero-order chi connectivity index (χ0) is 14.7. The highest BCUT2D eigenvalue weighted by molar-refractivity contribution is 5.36. The van der Waals surface area contributed by atoms with Gasteiger partial charge in [-0.2, -0.15) is 0 Å². The summed E-state index contributed by atoms with van der Waals surface area (Å²) in [6.07, 6.45) is 5.26. The fraction of sp³-hybridized carbons (Fsp3) is 0.125. The van der Waals surface area contributed by atoms with Crippen LogP contribution in [0, 0.1) is 0 Å². The van der Waals surface area contributed by atoms with Crippen molar-refractivity contribution >= 4 is 0 Å². The molecule has 2 N–H and O–H groups in total. The van der Waals surface area contributed by atoms with Gasteiger partial charge < -0.3 is 10.5 Å². The van der Waals surface area contributed by atoms with E-state index >= 15 is 0 Å². The Hall–Kier alpha value is -2.66.